The van der Waals surface area contributed by atoms with E-state index >= 15 is 0 Å². The smallest absolute Gasteiger partial charge is 0.357 e. The van der Waals surface area contributed by atoms with Gasteiger partial charge in [0.15, 0.2) is 0 Å². The van der Waals surface area contributed by atoms with E-state index in [1.165, 1.54) is 24.3 Å². The summed E-state index contributed by atoms with van der Waals surface area (Å²) in [5, 5.41) is 27.9. The van der Waals surface area contributed by atoms with Crippen LogP contribution < -0.4 is 0 Å². The van der Waals surface area contributed by atoms with Gasteiger partial charge in [0, 0.05) is 0 Å². The Balaban J connectivity index is 2.35. The van der Waals surface area contributed by atoms with Gasteiger partial charge in [-0.05, 0) is 24.3 Å². The molecule has 0 aliphatic heterocycles. The van der Waals surface area contributed by atoms with E-state index in [2.05, 4.69) is 4.18 Å². The molecule has 0 radical (unpaired) electrons. The third-order valence-corrected chi connectivity index (χ3v) is 4.00. The van der Waals surface area contributed by atoms with Crippen molar-refractivity contribution in [1.82, 2.24) is 0 Å². The molecule has 0 spiro atoms. The number of carbonyl (C=O) groups is 2. The highest BCUT2D eigenvalue weighted by molar-refractivity contribution is 7.87. The molecule has 0 saturated heterocycles. The predicted octanol–water partition coefficient (Wildman–Crippen LogP) is 1.34. The van der Waals surface area contributed by atoms with E-state index in [4.69, 9.17) is 5.11 Å². The van der Waals surface area contributed by atoms with Gasteiger partial charge in [0.05, 0.1) is 0 Å². The Hall–Kier alpha value is -3.07. The Bertz CT molecular complexity index is 871. The zero-order valence-corrected chi connectivity index (χ0v) is 12.1. The first kappa shape index (κ1) is 16.3. The molecule has 23 heavy (non-hydrogen) atoms. The lowest BCUT2D eigenvalue weighted by Crippen LogP contribution is -2.14. The van der Waals surface area contributed by atoms with Gasteiger partial charge in [-0.1, -0.05) is 18.2 Å². The Morgan fingerprint density at radius 3 is 2.00 bits per heavy atom. The largest absolute Gasteiger partial charge is 0.507 e. The van der Waals surface area contributed by atoms with Crippen LogP contribution in [-0.2, 0) is 14.3 Å². The number of carboxylic acid groups (broad SMARTS) is 1. The van der Waals surface area contributed by atoms with Gasteiger partial charge in [-0.3, -0.25) is 0 Å². The predicted molar refractivity (Wildman–Crippen MR) is 75.8 cm³/mol. The molecule has 2 aromatic rings. The quantitative estimate of drug-likeness (QED) is 0.561. The van der Waals surface area contributed by atoms with E-state index < -0.39 is 44.7 Å². The monoisotopic (exact) mass is 338 g/mol. The molecule has 3 N–H and O–H groups in total. The number of carboxylic acids is 1. The van der Waals surface area contributed by atoms with Gasteiger partial charge in [0.25, 0.3) is 0 Å². The summed E-state index contributed by atoms with van der Waals surface area (Å²) in [4.78, 5) is 22.4. The van der Waals surface area contributed by atoms with Crippen LogP contribution in [0, 0.1) is 0 Å². The molecule has 0 heterocycles. The molecule has 9 heteroatoms. The lowest BCUT2D eigenvalue weighted by Gasteiger charge is -2.08. The minimum Gasteiger partial charge on any atom is -0.507 e. The highest BCUT2D eigenvalue weighted by Crippen LogP contribution is 2.28. The minimum absolute atomic E-state index is 0.279. The van der Waals surface area contributed by atoms with Crippen LogP contribution in [0.2, 0.25) is 0 Å². The van der Waals surface area contributed by atoms with Gasteiger partial charge < -0.3 is 19.5 Å². The van der Waals surface area contributed by atoms with Crippen molar-refractivity contribution in [2.75, 3.05) is 0 Å². The van der Waals surface area contributed by atoms with Crippen LogP contribution in [-0.4, -0.2) is 35.7 Å². The molecule has 0 bridgehead atoms. The Morgan fingerprint density at radius 1 is 0.913 bits per heavy atom. The molecule has 0 amide bonds. The number of carbonyl (C=O) groups excluding carboxylic acids is 1. The summed E-state index contributed by atoms with van der Waals surface area (Å²) in [6.07, 6.45) is 0. The number of benzene rings is 2. The van der Waals surface area contributed by atoms with Crippen LogP contribution in [0.4, 0.5) is 0 Å². The fourth-order valence-corrected chi connectivity index (χ4v) is 2.57. The normalized spacial score (nSPS) is 11.0. The van der Waals surface area contributed by atoms with Crippen molar-refractivity contribution in [3.8, 4) is 11.5 Å². The molecule has 2 aromatic carbocycles. The topological polar surface area (TPSA) is 138 Å². The SMILES string of the molecule is O=C(O)c1cc(O)c(C(=O)OS(=O)(=O)c2ccccc2)cc1O. The maximum Gasteiger partial charge on any atom is 0.357 e. The molecule has 0 aliphatic carbocycles. The lowest BCUT2D eigenvalue weighted by molar-refractivity contribution is 0.0687. The first-order valence-electron chi connectivity index (χ1n) is 6.05. The van der Waals surface area contributed by atoms with Gasteiger partial charge >= 0.3 is 22.1 Å². The van der Waals surface area contributed by atoms with Crippen molar-refractivity contribution in [2.45, 2.75) is 4.90 Å². The number of phenols is 2. The number of aromatic hydroxyl groups is 2. The molecule has 0 saturated carbocycles. The molecule has 0 fully saturated rings. The average molecular weight is 338 g/mol. The van der Waals surface area contributed by atoms with Crippen LogP contribution in [0.15, 0.2) is 47.4 Å². The maximum absolute atomic E-state index is 11.9. The molecule has 0 aliphatic rings. The standard InChI is InChI=1S/C14H10O8S/c15-11-7-10(12(16)6-9(11)13(17)18)14(19)22-23(20,21)8-4-2-1-3-5-8/h1-7,15-16H,(H,17,18). The number of rotatable bonds is 4. The van der Waals surface area contributed by atoms with Gasteiger partial charge in [-0.15, -0.1) is 0 Å². The van der Waals surface area contributed by atoms with Crippen molar-refractivity contribution < 1.29 is 37.5 Å². The van der Waals surface area contributed by atoms with Crippen molar-refractivity contribution in [1.29, 1.82) is 0 Å². The molecule has 0 atom stereocenters. The summed E-state index contributed by atoms with van der Waals surface area (Å²) in [6.45, 7) is 0. The number of phenolic OH excluding ortho intramolecular Hbond substituents is 1. The van der Waals surface area contributed by atoms with Crippen LogP contribution in [0.25, 0.3) is 0 Å². The maximum atomic E-state index is 11.9. The van der Waals surface area contributed by atoms with E-state index in [1.807, 2.05) is 0 Å². The average Bonchev–Trinajstić information content (AvgIpc) is 2.49. The highest BCUT2D eigenvalue weighted by Gasteiger charge is 2.25. The fourth-order valence-electron chi connectivity index (χ4n) is 1.69. The zero-order chi connectivity index (χ0) is 17.2. The molecular weight excluding hydrogens is 328 g/mol. The second-order valence-corrected chi connectivity index (χ2v) is 5.88. The zero-order valence-electron chi connectivity index (χ0n) is 11.3. The number of hydrogen-bond donors (Lipinski definition) is 3. The highest BCUT2D eigenvalue weighted by atomic mass is 32.2. The van der Waals surface area contributed by atoms with Gasteiger partial charge in [-0.25, -0.2) is 9.59 Å². The number of hydrogen-bond acceptors (Lipinski definition) is 7. The Kier molecular flexibility index (Phi) is 4.23. The third kappa shape index (κ3) is 3.40. The second-order valence-electron chi connectivity index (χ2n) is 4.33. The van der Waals surface area contributed by atoms with Crippen molar-refractivity contribution in [3.05, 3.63) is 53.6 Å². The van der Waals surface area contributed by atoms with Gasteiger partial charge in [0.2, 0.25) is 0 Å². The molecule has 0 aromatic heterocycles. The third-order valence-electron chi connectivity index (χ3n) is 2.78. The first-order valence-corrected chi connectivity index (χ1v) is 7.46. The van der Waals surface area contributed by atoms with Crippen LogP contribution in [0.5, 0.6) is 11.5 Å². The van der Waals surface area contributed by atoms with E-state index in [0.29, 0.717) is 12.1 Å². The Labute approximate surface area is 130 Å². The molecule has 8 nitrogen and oxygen atoms in total. The van der Waals surface area contributed by atoms with Crippen LogP contribution >= 0.6 is 0 Å². The van der Waals surface area contributed by atoms with Crippen molar-refractivity contribution >= 4 is 22.1 Å². The summed E-state index contributed by atoms with van der Waals surface area (Å²) < 4.78 is 28.2. The van der Waals surface area contributed by atoms with Gasteiger partial charge in [-0.2, -0.15) is 8.42 Å². The Morgan fingerprint density at radius 2 is 1.43 bits per heavy atom. The molecule has 2 rings (SSSR count). The number of aromatic carboxylic acids is 1. The second kappa shape index (κ2) is 5.97. The van der Waals surface area contributed by atoms with Crippen LogP contribution in [0.1, 0.15) is 20.7 Å². The summed E-state index contributed by atoms with van der Waals surface area (Å²) >= 11 is 0. The van der Waals surface area contributed by atoms with E-state index in [-0.39, 0.29) is 4.90 Å². The van der Waals surface area contributed by atoms with E-state index in [0.717, 1.165) is 0 Å². The summed E-state index contributed by atoms with van der Waals surface area (Å²) in [6, 6.07) is 8.04. The van der Waals surface area contributed by atoms with Crippen LogP contribution in [0.3, 0.4) is 0 Å². The fraction of sp³-hybridized carbons (Fsp3) is 0. The lowest BCUT2D eigenvalue weighted by atomic mass is 10.1. The summed E-state index contributed by atoms with van der Waals surface area (Å²) in [5.74, 6) is -4.65. The van der Waals surface area contributed by atoms with E-state index in [9.17, 15) is 28.2 Å². The van der Waals surface area contributed by atoms with E-state index in [1.54, 1.807) is 6.07 Å². The molecule has 0 unspecified atom stereocenters. The van der Waals surface area contributed by atoms with Crippen molar-refractivity contribution in [2.24, 2.45) is 0 Å². The van der Waals surface area contributed by atoms with Gasteiger partial charge in [0.1, 0.15) is 27.5 Å². The van der Waals surface area contributed by atoms with Crippen molar-refractivity contribution in [3.63, 3.8) is 0 Å². The minimum atomic E-state index is -4.42. The molecular formula is C14H10O8S. The molecule has 120 valence electrons. The summed E-state index contributed by atoms with van der Waals surface area (Å²) in [7, 11) is -4.42. The first-order chi connectivity index (χ1) is 10.7. The summed E-state index contributed by atoms with van der Waals surface area (Å²) in [5.41, 5.74) is -1.34.